The lowest BCUT2D eigenvalue weighted by Gasteiger charge is -2.08. The number of anilines is 1. The third-order valence-corrected chi connectivity index (χ3v) is 3.86. The van der Waals surface area contributed by atoms with E-state index in [9.17, 15) is 9.59 Å². The molecule has 0 aliphatic rings. The number of aromatic nitrogens is 3. The molecule has 0 radical (unpaired) electrons. The molecule has 0 fully saturated rings. The predicted molar refractivity (Wildman–Crippen MR) is 102 cm³/mol. The summed E-state index contributed by atoms with van der Waals surface area (Å²) in [5.41, 5.74) is 5.43. The van der Waals surface area contributed by atoms with Crippen molar-refractivity contribution in [2.24, 2.45) is 12.1 Å². The average molecular weight is 362 g/mol. The normalized spacial score (nSPS) is 11.1. The fraction of sp³-hybridized carbons (Fsp3) is 0.105. The molecule has 136 valence electrons. The van der Waals surface area contributed by atoms with Crippen LogP contribution in [0.1, 0.15) is 33.3 Å². The van der Waals surface area contributed by atoms with E-state index in [-0.39, 0.29) is 11.8 Å². The van der Waals surface area contributed by atoms with Crippen LogP contribution in [-0.4, -0.2) is 32.3 Å². The molecule has 27 heavy (non-hydrogen) atoms. The minimum Gasteiger partial charge on any atom is -0.321 e. The maximum Gasteiger partial charge on any atom is 0.273 e. The Morgan fingerprint density at radius 2 is 1.78 bits per heavy atom. The van der Waals surface area contributed by atoms with Crippen LogP contribution in [0.5, 0.6) is 0 Å². The maximum atomic E-state index is 12.3. The molecule has 0 aliphatic carbocycles. The molecular formula is C19H18N6O2. The first-order valence-corrected chi connectivity index (χ1v) is 8.19. The second-order valence-corrected chi connectivity index (χ2v) is 5.75. The van der Waals surface area contributed by atoms with Gasteiger partial charge in [-0.05, 0) is 42.8 Å². The van der Waals surface area contributed by atoms with Gasteiger partial charge in [-0.1, -0.05) is 12.1 Å². The van der Waals surface area contributed by atoms with Gasteiger partial charge < -0.3 is 5.32 Å². The van der Waals surface area contributed by atoms with Crippen molar-refractivity contribution in [2.75, 3.05) is 5.32 Å². The van der Waals surface area contributed by atoms with Crippen molar-refractivity contribution < 1.29 is 9.59 Å². The first-order valence-electron chi connectivity index (χ1n) is 8.19. The van der Waals surface area contributed by atoms with E-state index in [0.717, 1.165) is 5.56 Å². The lowest BCUT2D eigenvalue weighted by atomic mass is 10.1. The number of benzene rings is 1. The highest BCUT2D eigenvalue weighted by Gasteiger charge is 2.11. The van der Waals surface area contributed by atoms with Crippen molar-refractivity contribution in [3.63, 3.8) is 0 Å². The van der Waals surface area contributed by atoms with E-state index in [1.165, 1.54) is 4.68 Å². The highest BCUT2D eigenvalue weighted by Crippen LogP contribution is 2.13. The first-order chi connectivity index (χ1) is 13.0. The Balaban J connectivity index is 1.70. The third kappa shape index (κ3) is 4.43. The lowest BCUT2D eigenvalue weighted by molar-refractivity contribution is 0.0953. The van der Waals surface area contributed by atoms with Gasteiger partial charge >= 0.3 is 0 Å². The van der Waals surface area contributed by atoms with Crippen LogP contribution < -0.4 is 10.7 Å². The summed E-state index contributed by atoms with van der Waals surface area (Å²) >= 11 is 0. The number of carbonyl (C=O) groups excluding carboxylic acids is 2. The number of aryl methyl sites for hydroxylation is 1. The summed E-state index contributed by atoms with van der Waals surface area (Å²) in [5, 5.41) is 10.9. The quantitative estimate of drug-likeness (QED) is 0.537. The van der Waals surface area contributed by atoms with Crippen molar-refractivity contribution in [3.8, 4) is 0 Å². The largest absolute Gasteiger partial charge is 0.321 e. The lowest BCUT2D eigenvalue weighted by Crippen LogP contribution is -2.19. The van der Waals surface area contributed by atoms with Crippen LogP contribution in [0.15, 0.2) is 66.2 Å². The molecule has 2 N–H and O–H groups in total. The van der Waals surface area contributed by atoms with E-state index < -0.39 is 0 Å². The zero-order valence-electron chi connectivity index (χ0n) is 14.9. The Labute approximate surface area is 155 Å². The van der Waals surface area contributed by atoms with Crippen molar-refractivity contribution >= 4 is 23.2 Å². The number of hydrazone groups is 1. The fourth-order valence-corrected chi connectivity index (χ4v) is 2.38. The minimum atomic E-state index is -0.322. The molecule has 3 rings (SSSR count). The van der Waals surface area contributed by atoms with Gasteiger partial charge in [-0.2, -0.15) is 10.2 Å². The molecule has 0 saturated heterocycles. The van der Waals surface area contributed by atoms with Crippen LogP contribution in [0.2, 0.25) is 0 Å². The number of nitrogens with one attached hydrogen (secondary N) is 2. The zero-order valence-corrected chi connectivity index (χ0v) is 14.9. The second-order valence-electron chi connectivity index (χ2n) is 5.75. The third-order valence-electron chi connectivity index (χ3n) is 3.86. The standard InChI is InChI=1S/C19H18N6O2/c1-13(23-24-18(26)14-6-9-20-10-7-14)15-4-3-5-16(12-15)22-19(27)17-8-11-21-25(17)2/h3-12H,1-2H3,(H,22,27)(H,24,26)/b23-13+. The Morgan fingerprint density at radius 1 is 1.00 bits per heavy atom. The number of carbonyl (C=O) groups is 2. The van der Waals surface area contributed by atoms with Crippen LogP contribution in [0, 0.1) is 0 Å². The van der Waals surface area contributed by atoms with E-state index in [2.05, 4.69) is 25.9 Å². The summed E-state index contributed by atoms with van der Waals surface area (Å²) in [6, 6.07) is 12.1. The number of pyridine rings is 1. The van der Waals surface area contributed by atoms with Crippen molar-refractivity contribution in [1.29, 1.82) is 0 Å². The van der Waals surface area contributed by atoms with Gasteiger partial charge in [0.25, 0.3) is 11.8 Å². The summed E-state index contributed by atoms with van der Waals surface area (Å²) in [6.45, 7) is 1.77. The fourth-order valence-electron chi connectivity index (χ4n) is 2.38. The van der Waals surface area contributed by atoms with Crippen LogP contribution in [0.25, 0.3) is 0 Å². The Kier molecular flexibility index (Phi) is 5.36. The molecule has 0 spiro atoms. The molecule has 2 amide bonds. The van der Waals surface area contributed by atoms with Crippen LogP contribution in [0.3, 0.4) is 0 Å². The molecule has 2 aromatic heterocycles. The van der Waals surface area contributed by atoms with Crippen LogP contribution >= 0.6 is 0 Å². The topological polar surface area (TPSA) is 101 Å². The summed E-state index contributed by atoms with van der Waals surface area (Å²) in [5.74, 6) is -0.579. The first kappa shape index (κ1) is 18.0. The van der Waals surface area contributed by atoms with Gasteiger partial charge in [-0.3, -0.25) is 19.3 Å². The minimum absolute atomic E-state index is 0.257. The smallest absolute Gasteiger partial charge is 0.273 e. The second kappa shape index (κ2) is 8.05. The number of amides is 2. The molecule has 8 nitrogen and oxygen atoms in total. The maximum absolute atomic E-state index is 12.3. The van der Waals surface area contributed by atoms with E-state index in [4.69, 9.17) is 0 Å². The van der Waals surface area contributed by atoms with Gasteiger partial charge in [0.1, 0.15) is 5.69 Å². The number of rotatable bonds is 5. The van der Waals surface area contributed by atoms with Crippen molar-refractivity contribution in [3.05, 3.63) is 77.9 Å². The molecule has 0 bridgehead atoms. The molecule has 0 aliphatic heterocycles. The van der Waals surface area contributed by atoms with Gasteiger partial charge in [0.15, 0.2) is 0 Å². The number of nitrogens with zero attached hydrogens (tertiary/aromatic N) is 4. The molecular weight excluding hydrogens is 344 g/mol. The van der Waals surface area contributed by atoms with Crippen LogP contribution in [-0.2, 0) is 7.05 Å². The van der Waals surface area contributed by atoms with Crippen LogP contribution in [0.4, 0.5) is 5.69 Å². The van der Waals surface area contributed by atoms with E-state index in [0.29, 0.717) is 22.7 Å². The van der Waals surface area contributed by atoms with Gasteiger partial charge in [0.2, 0.25) is 0 Å². The van der Waals surface area contributed by atoms with Crippen molar-refractivity contribution in [2.45, 2.75) is 6.92 Å². The molecule has 0 atom stereocenters. The highest BCUT2D eigenvalue weighted by molar-refractivity contribution is 6.05. The average Bonchev–Trinajstić information content (AvgIpc) is 3.12. The van der Waals surface area contributed by atoms with Gasteiger partial charge in [-0.15, -0.1) is 0 Å². The summed E-state index contributed by atoms with van der Waals surface area (Å²) < 4.78 is 1.50. The number of hydrogen-bond donors (Lipinski definition) is 2. The molecule has 8 heteroatoms. The van der Waals surface area contributed by atoms with E-state index >= 15 is 0 Å². The molecule has 2 heterocycles. The molecule has 0 unspecified atom stereocenters. The molecule has 0 saturated carbocycles. The zero-order chi connectivity index (χ0) is 19.2. The SMILES string of the molecule is C/C(=N\NC(=O)c1ccncc1)c1cccc(NC(=O)c2ccnn2C)c1. The summed E-state index contributed by atoms with van der Waals surface area (Å²) in [4.78, 5) is 28.2. The summed E-state index contributed by atoms with van der Waals surface area (Å²) in [7, 11) is 1.70. The monoisotopic (exact) mass is 362 g/mol. The Bertz CT molecular complexity index is 994. The summed E-state index contributed by atoms with van der Waals surface area (Å²) in [6.07, 6.45) is 4.65. The molecule has 1 aromatic carbocycles. The van der Waals surface area contributed by atoms with Gasteiger partial charge in [0, 0.05) is 36.9 Å². The van der Waals surface area contributed by atoms with Crippen molar-refractivity contribution in [1.82, 2.24) is 20.2 Å². The Hall–Kier alpha value is -3.81. The van der Waals surface area contributed by atoms with E-state index in [1.54, 1.807) is 69.0 Å². The number of hydrogen-bond acceptors (Lipinski definition) is 5. The molecule has 3 aromatic rings. The van der Waals surface area contributed by atoms with Gasteiger partial charge in [-0.25, -0.2) is 5.43 Å². The van der Waals surface area contributed by atoms with E-state index in [1.807, 2.05) is 6.07 Å². The van der Waals surface area contributed by atoms with Gasteiger partial charge in [0.05, 0.1) is 5.71 Å². The highest BCUT2D eigenvalue weighted by atomic mass is 16.2. The predicted octanol–water partition coefficient (Wildman–Crippen LogP) is 2.22. The Morgan fingerprint density at radius 3 is 2.48 bits per heavy atom.